The number of anilines is 1. The molecular formula is C12H15NO2. The molecule has 15 heavy (non-hydrogen) atoms. The van der Waals surface area contributed by atoms with E-state index in [0.29, 0.717) is 11.8 Å². The van der Waals surface area contributed by atoms with Crippen LogP contribution in [0.3, 0.4) is 0 Å². The van der Waals surface area contributed by atoms with Gasteiger partial charge in [0.2, 0.25) is 0 Å². The third-order valence-corrected chi connectivity index (χ3v) is 3.77. The van der Waals surface area contributed by atoms with Crippen LogP contribution < -0.4 is 4.90 Å². The van der Waals surface area contributed by atoms with Crippen LogP contribution in [0.15, 0.2) is 16.5 Å². The van der Waals surface area contributed by atoms with E-state index >= 15 is 0 Å². The first kappa shape index (κ1) is 9.01. The van der Waals surface area contributed by atoms with Gasteiger partial charge in [0.15, 0.2) is 17.9 Å². The zero-order valence-corrected chi connectivity index (χ0v) is 8.69. The van der Waals surface area contributed by atoms with Crippen LogP contribution in [0.1, 0.15) is 36.2 Å². The molecule has 1 aliphatic heterocycles. The Labute approximate surface area is 89.1 Å². The van der Waals surface area contributed by atoms with Gasteiger partial charge in [0, 0.05) is 18.7 Å². The van der Waals surface area contributed by atoms with E-state index in [-0.39, 0.29) is 0 Å². The third-order valence-electron chi connectivity index (χ3n) is 3.77. The van der Waals surface area contributed by atoms with Gasteiger partial charge in [0.05, 0.1) is 0 Å². The van der Waals surface area contributed by atoms with Crippen molar-refractivity contribution in [1.82, 2.24) is 0 Å². The van der Waals surface area contributed by atoms with Crippen molar-refractivity contribution in [2.45, 2.75) is 31.7 Å². The molecule has 2 unspecified atom stereocenters. The van der Waals surface area contributed by atoms with Gasteiger partial charge in [-0.15, -0.1) is 0 Å². The second-order valence-electron chi connectivity index (χ2n) is 4.53. The number of hydrogen-bond donors (Lipinski definition) is 0. The lowest BCUT2D eigenvalue weighted by Gasteiger charge is -2.22. The van der Waals surface area contributed by atoms with E-state index in [1.165, 1.54) is 25.7 Å². The fraction of sp³-hybridized carbons (Fsp3) is 0.583. The molecule has 0 spiro atoms. The molecule has 1 saturated heterocycles. The first-order valence-corrected chi connectivity index (χ1v) is 5.70. The van der Waals surface area contributed by atoms with Crippen LogP contribution in [0.2, 0.25) is 0 Å². The Morgan fingerprint density at radius 1 is 1.33 bits per heavy atom. The van der Waals surface area contributed by atoms with Crippen molar-refractivity contribution >= 4 is 12.2 Å². The van der Waals surface area contributed by atoms with E-state index < -0.39 is 0 Å². The lowest BCUT2D eigenvalue weighted by molar-refractivity contribution is 0.110. The maximum atomic E-state index is 10.6. The van der Waals surface area contributed by atoms with Crippen molar-refractivity contribution in [1.29, 1.82) is 0 Å². The fourth-order valence-corrected chi connectivity index (χ4v) is 3.07. The Bertz CT molecular complexity index is 371. The molecule has 0 amide bonds. The van der Waals surface area contributed by atoms with Crippen LogP contribution in [-0.4, -0.2) is 18.9 Å². The van der Waals surface area contributed by atoms with Gasteiger partial charge in [-0.25, -0.2) is 0 Å². The van der Waals surface area contributed by atoms with Crippen LogP contribution >= 0.6 is 0 Å². The maximum Gasteiger partial charge on any atom is 0.196 e. The zero-order valence-electron chi connectivity index (χ0n) is 8.69. The summed E-state index contributed by atoms with van der Waals surface area (Å²) in [6, 6.07) is 4.34. The minimum atomic E-state index is 0.437. The molecule has 2 fully saturated rings. The predicted molar refractivity (Wildman–Crippen MR) is 57.2 cm³/mol. The lowest BCUT2D eigenvalue weighted by atomic mass is 10.1. The minimum absolute atomic E-state index is 0.437. The van der Waals surface area contributed by atoms with E-state index in [9.17, 15) is 4.79 Å². The van der Waals surface area contributed by atoms with E-state index in [1.807, 2.05) is 6.07 Å². The molecular weight excluding hydrogens is 190 g/mol. The molecule has 1 aromatic heterocycles. The van der Waals surface area contributed by atoms with Crippen molar-refractivity contribution in [2.75, 3.05) is 11.4 Å². The van der Waals surface area contributed by atoms with Gasteiger partial charge in [-0.1, -0.05) is 6.42 Å². The molecule has 2 atom stereocenters. The van der Waals surface area contributed by atoms with Gasteiger partial charge < -0.3 is 9.32 Å². The molecule has 2 heterocycles. The van der Waals surface area contributed by atoms with Gasteiger partial charge in [-0.05, 0) is 31.2 Å². The summed E-state index contributed by atoms with van der Waals surface area (Å²) >= 11 is 0. The molecule has 1 aromatic rings. The SMILES string of the molecule is O=Cc1ccc(N2CCC3CCCC32)o1. The molecule has 0 aromatic carbocycles. The number of aldehydes is 1. The highest BCUT2D eigenvalue weighted by atomic mass is 16.4. The first-order valence-electron chi connectivity index (χ1n) is 5.70. The third kappa shape index (κ3) is 1.37. The average molecular weight is 205 g/mol. The summed E-state index contributed by atoms with van der Waals surface area (Å²) in [5.74, 6) is 2.17. The summed E-state index contributed by atoms with van der Waals surface area (Å²) in [7, 11) is 0. The van der Waals surface area contributed by atoms with Gasteiger partial charge in [-0.3, -0.25) is 4.79 Å². The maximum absolute atomic E-state index is 10.6. The zero-order chi connectivity index (χ0) is 10.3. The number of hydrogen-bond acceptors (Lipinski definition) is 3. The molecule has 3 nitrogen and oxygen atoms in total. The minimum Gasteiger partial charge on any atom is -0.438 e. The average Bonchev–Trinajstić information content (AvgIpc) is 2.92. The van der Waals surface area contributed by atoms with Crippen LogP contribution in [0.4, 0.5) is 5.88 Å². The summed E-state index contributed by atoms with van der Waals surface area (Å²) in [5.41, 5.74) is 0. The van der Waals surface area contributed by atoms with E-state index in [4.69, 9.17) is 4.42 Å². The predicted octanol–water partition coefficient (Wildman–Crippen LogP) is 2.47. The molecule has 80 valence electrons. The summed E-state index contributed by atoms with van der Waals surface area (Å²) in [5, 5.41) is 0. The fourth-order valence-electron chi connectivity index (χ4n) is 3.07. The van der Waals surface area contributed by atoms with Gasteiger partial charge >= 0.3 is 0 Å². The highest BCUT2D eigenvalue weighted by Gasteiger charge is 2.38. The number of carbonyl (C=O) groups excluding carboxylic acids is 1. The Hall–Kier alpha value is -1.25. The highest BCUT2D eigenvalue weighted by molar-refractivity contribution is 5.71. The highest BCUT2D eigenvalue weighted by Crippen LogP contribution is 2.40. The van der Waals surface area contributed by atoms with Crippen LogP contribution in [0.5, 0.6) is 0 Å². The van der Waals surface area contributed by atoms with Crippen LogP contribution in [0, 0.1) is 5.92 Å². The Kier molecular flexibility index (Phi) is 2.04. The molecule has 0 N–H and O–H groups in total. The Morgan fingerprint density at radius 3 is 3.07 bits per heavy atom. The summed E-state index contributed by atoms with van der Waals surface area (Å²) < 4.78 is 5.48. The second kappa shape index (κ2) is 3.40. The smallest absolute Gasteiger partial charge is 0.196 e. The van der Waals surface area contributed by atoms with Gasteiger partial charge in [-0.2, -0.15) is 0 Å². The van der Waals surface area contributed by atoms with E-state index in [1.54, 1.807) is 6.07 Å². The molecule has 3 rings (SSSR count). The molecule has 1 saturated carbocycles. The number of rotatable bonds is 2. The van der Waals surface area contributed by atoms with E-state index in [0.717, 1.165) is 24.6 Å². The lowest BCUT2D eigenvalue weighted by Crippen LogP contribution is -2.29. The van der Waals surface area contributed by atoms with Crippen molar-refractivity contribution in [2.24, 2.45) is 5.92 Å². The monoisotopic (exact) mass is 205 g/mol. The van der Waals surface area contributed by atoms with Crippen molar-refractivity contribution in [3.8, 4) is 0 Å². The van der Waals surface area contributed by atoms with E-state index in [2.05, 4.69) is 4.90 Å². The number of fused-ring (bicyclic) bond motifs is 1. The van der Waals surface area contributed by atoms with Crippen LogP contribution in [-0.2, 0) is 0 Å². The Morgan fingerprint density at radius 2 is 2.27 bits per heavy atom. The molecule has 3 heteroatoms. The first-order chi connectivity index (χ1) is 7.38. The molecule has 0 bridgehead atoms. The summed E-state index contributed by atoms with van der Waals surface area (Å²) in [6.07, 6.45) is 6.03. The quantitative estimate of drug-likeness (QED) is 0.695. The molecule has 0 radical (unpaired) electrons. The standard InChI is InChI=1S/C12H15NO2/c14-8-10-4-5-12(15-10)13-7-6-9-2-1-3-11(9)13/h4-5,8-9,11H,1-3,6-7H2. The topological polar surface area (TPSA) is 33.5 Å². The van der Waals surface area contributed by atoms with Crippen molar-refractivity contribution < 1.29 is 9.21 Å². The van der Waals surface area contributed by atoms with Crippen LogP contribution in [0.25, 0.3) is 0 Å². The molecule has 2 aliphatic rings. The molecule has 1 aliphatic carbocycles. The normalized spacial score (nSPS) is 29.5. The van der Waals surface area contributed by atoms with Crippen molar-refractivity contribution in [3.05, 3.63) is 17.9 Å². The number of carbonyl (C=O) groups is 1. The number of furan rings is 1. The Balaban J connectivity index is 1.84. The van der Waals surface area contributed by atoms with Gasteiger partial charge in [0.1, 0.15) is 0 Å². The largest absolute Gasteiger partial charge is 0.438 e. The second-order valence-corrected chi connectivity index (χ2v) is 4.53. The summed E-state index contributed by atoms with van der Waals surface area (Å²) in [4.78, 5) is 12.9. The number of nitrogens with zero attached hydrogens (tertiary/aromatic N) is 1. The summed E-state index contributed by atoms with van der Waals surface area (Å²) in [6.45, 7) is 1.08. The van der Waals surface area contributed by atoms with Gasteiger partial charge in [0.25, 0.3) is 0 Å². The van der Waals surface area contributed by atoms with Crippen molar-refractivity contribution in [3.63, 3.8) is 0 Å².